The summed E-state index contributed by atoms with van der Waals surface area (Å²) >= 11 is 1.01. The summed E-state index contributed by atoms with van der Waals surface area (Å²) in [5.74, 6) is -1.45. The zero-order valence-corrected chi connectivity index (χ0v) is 24.6. The maximum absolute atomic E-state index is 13.6. The summed E-state index contributed by atoms with van der Waals surface area (Å²) in [6.45, 7) is 8.93. The van der Waals surface area contributed by atoms with Crippen LogP contribution in [-0.2, 0) is 32.7 Å². The Labute approximate surface area is 231 Å². The molecule has 222 valence electrons. The molecule has 1 aliphatic heterocycles. The number of hydrogen-bond donors (Lipinski definition) is 4. The minimum atomic E-state index is -4.21. The number of aliphatic hydroxyl groups excluding tert-OH is 2. The molecule has 0 aromatic carbocycles. The second kappa shape index (κ2) is 14.2. The van der Waals surface area contributed by atoms with Crippen LogP contribution in [0.4, 0.5) is 5.82 Å². The smallest absolute Gasteiger partial charge is 0.406 e. The first-order chi connectivity index (χ1) is 18.1. The van der Waals surface area contributed by atoms with Crippen molar-refractivity contribution in [2.24, 2.45) is 11.3 Å². The van der Waals surface area contributed by atoms with Gasteiger partial charge in [-0.15, -0.1) is 0 Å². The van der Waals surface area contributed by atoms with Crippen LogP contribution in [0, 0.1) is 11.3 Å². The van der Waals surface area contributed by atoms with Crippen molar-refractivity contribution in [1.29, 1.82) is 0 Å². The number of esters is 1. The fourth-order valence-electron chi connectivity index (χ4n) is 3.45. The summed E-state index contributed by atoms with van der Waals surface area (Å²) in [6, 6.07) is 0.263. The molecule has 0 bridgehead atoms. The summed E-state index contributed by atoms with van der Waals surface area (Å²) < 4.78 is 36.6. The highest BCUT2D eigenvalue weighted by atomic mass is 32.2. The Morgan fingerprint density at radius 2 is 1.97 bits per heavy atom. The Hall–Kier alpha value is -1.84. The lowest BCUT2D eigenvalue weighted by Gasteiger charge is -2.25. The number of aliphatic hydroxyl groups is 2. The van der Waals surface area contributed by atoms with Crippen molar-refractivity contribution >= 4 is 36.4 Å². The Morgan fingerprint density at radius 1 is 1.31 bits per heavy atom. The molecule has 0 aliphatic carbocycles. The molecule has 1 fully saturated rings. The molecule has 0 amide bonds. The predicted octanol–water partition coefficient (Wildman–Crippen LogP) is 1.07. The topological polar surface area (TPSA) is 202 Å². The van der Waals surface area contributed by atoms with E-state index < -0.39 is 74.5 Å². The van der Waals surface area contributed by atoms with Gasteiger partial charge in [0, 0.05) is 23.3 Å². The third kappa shape index (κ3) is 9.64. The van der Waals surface area contributed by atoms with Crippen LogP contribution >= 0.6 is 19.5 Å². The number of ether oxygens (including phenoxy) is 2. The summed E-state index contributed by atoms with van der Waals surface area (Å²) in [6.07, 6.45) is -2.69. The minimum Gasteiger partial charge on any atom is -0.462 e. The fourth-order valence-corrected chi connectivity index (χ4v) is 5.83. The molecular formula is C23H39N4O10PS. The van der Waals surface area contributed by atoms with Crippen LogP contribution < -0.4 is 16.5 Å². The first-order valence-corrected chi connectivity index (χ1v) is 14.9. The van der Waals surface area contributed by atoms with Gasteiger partial charge in [0.05, 0.1) is 32.0 Å². The second-order valence-electron chi connectivity index (χ2n) is 10.3. The van der Waals surface area contributed by atoms with E-state index in [2.05, 4.69) is 10.1 Å². The highest BCUT2D eigenvalue weighted by Gasteiger charge is 2.46. The molecule has 14 nitrogen and oxygen atoms in total. The van der Waals surface area contributed by atoms with Crippen LogP contribution in [0.2, 0.25) is 0 Å². The minimum absolute atomic E-state index is 0.0148. The van der Waals surface area contributed by atoms with Gasteiger partial charge in [0.1, 0.15) is 18.0 Å². The number of carbonyl (C=O) groups excluding carboxylic acids is 2. The molecule has 0 unspecified atom stereocenters. The quantitative estimate of drug-likeness (QED) is 0.143. The van der Waals surface area contributed by atoms with E-state index in [9.17, 15) is 29.2 Å². The van der Waals surface area contributed by atoms with E-state index in [0.717, 1.165) is 16.3 Å². The standard InChI is InChI=1S/C23H39N4O10PS/c1-13(2)36-20(30)14(3)26-38(33,34-9-10-39-21(31)23(4,5)6)35-12-16-15(11-28)18(29)19(37-16)27-8-7-17(24)25-22(27)32/h7-8,13-16,18-19,28-29H,9-12H2,1-6H3,(H,26,33)(H2,24,25,32)/t14-,15+,16+,18+,19+,38-/m0/s1. The number of aromatic nitrogens is 2. The van der Waals surface area contributed by atoms with Gasteiger partial charge in [-0.1, -0.05) is 32.5 Å². The highest BCUT2D eigenvalue weighted by molar-refractivity contribution is 8.13. The number of carbonyl (C=O) groups is 2. The molecule has 0 saturated carbocycles. The average molecular weight is 595 g/mol. The summed E-state index contributed by atoms with van der Waals surface area (Å²) in [4.78, 5) is 40.4. The van der Waals surface area contributed by atoms with E-state index in [1.807, 2.05) is 0 Å². The molecule has 5 N–H and O–H groups in total. The fraction of sp³-hybridized carbons (Fsp3) is 0.739. The van der Waals surface area contributed by atoms with Gasteiger partial charge < -0.3 is 25.4 Å². The lowest BCUT2D eigenvalue weighted by Crippen LogP contribution is -2.37. The van der Waals surface area contributed by atoms with Crippen molar-refractivity contribution in [2.75, 3.05) is 31.3 Å². The molecule has 2 rings (SSSR count). The van der Waals surface area contributed by atoms with Gasteiger partial charge in [0.15, 0.2) is 11.3 Å². The van der Waals surface area contributed by atoms with Crippen molar-refractivity contribution < 1.29 is 42.9 Å². The number of nitrogens with two attached hydrogens (primary N) is 1. The van der Waals surface area contributed by atoms with E-state index >= 15 is 0 Å². The van der Waals surface area contributed by atoms with Gasteiger partial charge in [-0.25, -0.2) is 14.4 Å². The third-order valence-corrected chi connectivity index (χ3v) is 8.48. The Balaban J connectivity index is 2.15. The highest BCUT2D eigenvalue weighted by Crippen LogP contribution is 2.46. The number of nitrogen functional groups attached to an aromatic ring is 1. The monoisotopic (exact) mass is 594 g/mol. The molecule has 1 aromatic heterocycles. The average Bonchev–Trinajstić information content (AvgIpc) is 3.14. The third-order valence-electron chi connectivity index (χ3n) is 5.52. The zero-order chi connectivity index (χ0) is 29.5. The van der Waals surface area contributed by atoms with Crippen LogP contribution in [-0.4, -0.2) is 80.8 Å². The molecular weight excluding hydrogens is 555 g/mol. The Bertz CT molecular complexity index is 1100. The summed E-state index contributed by atoms with van der Waals surface area (Å²) in [5.41, 5.74) is 4.18. The van der Waals surface area contributed by atoms with E-state index in [1.54, 1.807) is 34.6 Å². The summed E-state index contributed by atoms with van der Waals surface area (Å²) in [7, 11) is -4.21. The van der Waals surface area contributed by atoms with Gasteiger partial charge in [0.2, 0.25) is 0 Å². The Kier molecular flexibility index (Phi) is 12.1. The number of thioether (sulfide) groups is 1. The first-order valence-electron chi connectivity index (χ1n) is 12.4. The van der Waals surface area contributed by atoms with Crippen molar-refractivity contribution in [3.8, 4) is 0 Å². The zero-order valence-electron chi connectivity index (χ0n) is 22.9. The van der Waals surface area contributed by atoms with Gasteiger partial charge in [0.25, 0.3) is 0 Å². The number of hydrogen-bond acceptors (Lipinski definition) is 13. The molecule has 1 aromatic rings. The lowest BCUT2D eigenvalue weighted by atomic mass is 9.99. The molecule has 1 saturated heterocycles. The van der Waals surface area contributed by atoms with Crippen molar-refractivity contribution in [3.63, 3.8) is 0 Å². The van der Waals surface area contributed by atoms with Crippen LogP contribution in [0.3, 0.4) is 0 Å². The first kappa shape index (κ1) is 33.4. The molecule has 6 atom stereocenters. The van der Waals surface area contributed by atoms with E-state index in [4.69, 9.17) is 24.3 Å². The summed E-state index contributed by atoms with van der Waals surface area (Å²) in [5, 5.41) is 23.0. The number of nitrogens with one attached hydrogen (secondary N) is 1. The Morgan fingerprint density at radius 3 is 2.54 bits per heavy atom. The number of anilines is 1. The van der Waals surface area contributed by atoms with E-state index in [-0.39, 0.29) is 23.3 Å². The van der Waals surface area contributed by atoms with Crippen molar-refractivity contribution in [1.82, 2.24) is 14.6 Å². The largest absolute Gasteiger partial charge is 0.462 e. The molecule has 2 heterocycles. The molecule has 0 spiro atoms. The van der Waals surface area contributed by atoms with E-state index in [1.165, 1.54) is 19.2 Å². The van der Waals surface area contributed by atoms with Crippen LogP contribution in [0.15, 0.2) is 17.1 Å². The molecule has 16 heteroatoms. The van der Waals surface area contributed by atoms with Crippen LogP contribution in [0.5, 0.6) is 0 Å². The van der Waals surface area contributed by atoms with Gasteiger partial charge >= 0.3 is 19.4 Å². The maximum atomic E-state index is 13.6. The number of rotatable bonds is 13. The van der Waals surface area contributed by atoms with Crippen molar-refractivity contribution in [2.45, 2.75) is 72.1 Å². The maximum Gasteiger partial charge on any atom is 0.406 e. The van der Waals surface area contributed by atoms with Gasteiger partial charge in [-0.3, -0.25) is 23.2 Å². The molecule has 1 aliphatic rings. The number of nitrogens with zero attached hydrogens (tertiary/aromatic N) is 2. The lowest BCUT2D eigenvalue weighted by molar-refractivity contribution is -0.149. The molecule has 0 radical (unpaired) electrons. The van der Waals surface area contributed by atoms with Gasteiger partial charge in [-0.2, -0.15) is 4.98 Å². The van der Waals surface area contributed by atoms with Crippen LogP contribution in [0.25, 0.3) is 0 Å². The SMILES string of the molecule is CC(C)OC(=O)[C@H](C)N[P@](=O)(OCCSC(=O)C(C)(C)C)OC[C@H]1O[C@@H](n2ccc(N)nc2=O)[C@H](O)[C@@H]1CO. The van der Waals surface area contributed by atoms with E-state index in [0.29, 0.717) is 0 Å². The second-order valence-corrected chi connectivity index (χ2v) is 13.1. The molecule has 39 heavy (non-hydrogen) atoms. The van der Waals surface area contributed by atoms with Crippen molar-refractivity contribution in [3.05, 3.63) is 22.7 Å². The van der Waals surface area contributed by atoms with Crippen LogP contribution in [0.1, 0.15) is 47.8 Å². The van der Waals surface area contributed by atoms with Gasteiger partial charge in [-0.05, 0) is 26.8 Å². The predicted molar refractivity (Wildman–Crippen MR) is 144 cm³/mol. The normalized spacial score (nSPS) is 23.9.